The number of hydrogen-bond donors (Lipinski definition) is 1. The minimum absolute atomic E-state index is 0.0619. The number of nitrogens with zero attached hydrogens (tertiary/aromatic N) is 2. The quantitative estimate of drug-likeness (QED) is 0.463. The Labute approximate surface area is 104 Å². The number of likely N-dealkylation sites (N-methyl/N-ethyl adjacent to an activating group) is 1. The molecule has 0 atom stereocenters. The average Bonchev–Trinajstić information content (AvgIpc) is 2.30. The highest BCUT2D eigenvalue weighted by Gasteiger charge is 2.20. The van der Waals surface area contributed by atoms with Gasteiger partial charge in [0.1, 0.15) is 12.9 Å². The molecule has 0 aliphatic heterocycles. The third-order valence-electron chi connectivity index (χ3n) is 2.21. The van der Waals surface area contributed by atoms with Gasteiger partial charge in [-0.3, -0.25) is 14.9 Å². The van der Waals surface area contributed by atoms with Gasteiger partial charge in [0, 0.05) is 18.2 Å². The highest BCUT2D eigenvalue weighted by atomic mass is 16.6. The van der Waals surface area contributed by atoms with E-state index < -0.39 is 16.4 Å². The Balaban J connectivity index is 2.98. The minimum Gasteiger partial charge on any atom is -0.500 e. The van der Waals surface area contributed by atoms with Gasteiger partial charge in [-0.15, -0.1) is 0 Å². The van der Waals surface area contributed by atoms with Crippen LogP contribution in [0.3, 0.4) is 0 Å². The highest BCUT2D eigenvalue weighted by Crippen LogP contribution is 2.36. The van der Waals surface area contributed by atoms with Crippen molar-refractivity contribution in [2.45, 2.75) is 0 Å². The van der Waals surface area contributed by atoms with Gasteiger partial charge >= 0.3 is 5.69 Å². The van der Waals surface area contributed by atoms with E-state index in [1.807, 2.05) is 19.0 Å². The lowest BCUT2D eigenvalue weighted by molar-refractivity contribution is -0.386. The molecule has 18 heavy (non-hydrogen) atoms. The Morgan fingerprint density at radius 1 is 1.50 bits per heavy atom. The van der Waals surface area contributed by atoms with Crippen molar-refractivity contribution in [2.24, 2.45) is 0 Å². The third kappa shape index (κ3) is 3.42. The first-order valence-electron chi connectivity index (χ1n) is 5.19. The maximum atomic E-state index is 10.7. The zero-order valence-electron chi connectivity index (χ0n) is 10.1. The highest BCUT2D eigenvalue weighted by molar-refractivity contribution is 5.79. The summed E-state index contributed by atoms with van der Waals surface area (Å²) in [5.74, 6) is -0.627. The molecule has 0 fully saturated rings. The van der Waals surface area contributed by atoms with Crippen LogP contribution in [0.15, 0.2) is 12.1 Å². The Kier molecular flexibility index (Phi) is 4.61. The number of rotatable bonds is 6. The summed E-state index contributed by atoms with van der Waals surface area (Å²) in [5, 5.41) is 20.3. The van der Waals surface area contributed by atoms with Crippen LogP contribution in [0.2, 0.25) is 0 Å². The lowest BCUT2D eigenvalue weighted by Crippen LogP contribution is -2.19. The fourth-order valence-corrected chi connectivity index (χ4v) is 1.27. The Morgan fingerprint density at radius 2 is 2.17 bits per heavy atom. The summed E-state index contributed by atoms with van der Waals surface area (Å²) in [6.45, 7) is 0.832. The van der Waals surface area contributed by atoms with Crippen molar-refractivity contribution in [1.29, 1.82) is 0 Å². The molecule has 0 aliphatic carbocycles. The predicted octanol–water partition coefficient (Wildman–Crippen LogP) is 1.05. The second kappa shape index (κ2) is 5.97. The van der Waals surface area contributed by atoms with Gasteiger partial charge in [0.05, 0.1) is 4.92 Å². The van der Waals surface area contributed by atoms with Crippen LogP contribution in [0.5, 0.6) is 11.5 Å². The molecule has 0 unspecified atom stereocenters. The molecule has 1 rings (SSSR count). The second-order valence-corrected chi connectivity index (χ2v) is 3.91. The number of ether oxygens (including phenoxy) is 1. The third-order valence-corrected chi connectivity index (χ3v) is 2.21. The van der Waals surface area contributed by atoms with Crippen molar-refractivity contribution < 1.29 is 19.6 Å². The standard InChI is InChI=1S/C11H14N2O5/c1-12(2)3-4-18-10-6-8(7-14)5-9(11(10)15)13(16)17/h5-7,15H,3-4H2,1-2H3. The predicted molar refractivity (Wildman–Crippen MR) is 64.2 cm³/mol. The van der Waals surface area contributed by atoms with Gasteiger partial charge in [0.25, 0.3) is 0 Å². The lowest BCUT2D eigenvalue weighted by atomic mass is 10.2. The maximum absolute atomic E-state index is 10.7. The summed E-state index contributed by atoms with van der Waals surface area (Å²) in [6, 6.07) is 2.27. The van der Waals surface area contributed by atoms with Crippen LogP contribution in [-0.2, 0) is 0 Å². The topological polar surface area (TPSA) is 92.9 Å². The molecule has 0 aromatic heterocycles. The van der Waals surface area contributed by atoms with Crippen molar-refractivity contribution in [2.75, 3.05) is 27.2 Å². The van der Waals surface area contributed by atoms with Gasteiger partial charge in [-0.25, -0.2) is 0 Å². The number of phenols is 1. The number of nitro benzene ring substituents is 1. The number of hydrogen-bond acceptors (Lipinski definition) is 6. The molecule has 0 radical (unpaired) electrons. The van der Waals surface area contributed by atoms with E-state index in [0.717, 1.165) is 6.07 Å². The fourth-order valence-electron chi connectivity index (χ4n) is 1.27. The zero-order chi connectivity index (χ0) is 13.7. The first-order valence-corrected chi connectivity index (χ1v) is 5.19. The van der Waals surface area contributed by atoms with Crippen molar-refractivity contribution >= 4 is 12.0 Å². The van der Waals surface area contributed by atoms with Crippen LogP contribution >= 0.6 is 0 Å². The second-order valence-electron chi connectivity index (χ2n) is 3.91. The summed E-state index contributed by atoms with van der Waals surface area (Å²) in [5.41, 5.74) is -0.459. The average molecular weight is 254 g/mol. The maximum Gasteiger partial charge on any atom is 0.315 e. The van der Waals surface area contributed by atoms with Crippen molar-refractivity contribution in [3.05, 3.63) is 27.8 Å². The Bertz CT molecular complexity index is 459. The molecule has 0 heterocycles. The molecule has 1 aromatic rings. The van der Waals surface area contributed by atoms with Gasteiger partial charge in [-0.05, 0) is 20.2 Å². The summed E-state index contributed by atoms with van der Waals surface area (Å²) in [7, 11) is 3.68. The Hall–Kier alpha value is -2.15. The number of carbonyl (C=O) groups excluding carboxylic acids is 1. The van der Waals surface area contributed by atoms with Crippen molar-refractivity contribution in [3.63, 3.8) is 0 Å². The smallest absolute Gasteiger partial charge is 0.315 e. The van der Waals surface area contributed by atoms with Gasteiger partial charge in [0.2, 0.25) is 5.75 Å². The van der Waals surface area contributed by atoms with E-state index in [4.69, 9.17) is 4.74 Å². The monoisotopic (exact) mass is 254 g/mol. The van der Waals surface area contributed by atoms with E-state index in [1.54, 1.807) is 0 Å². The molecule has 0 spiro atoms. The van der Waals surface area contributed by atoms with E-state index in [-0.39, 0.29) is 17.9 Å². The number of aromatic hydroxyl groups is 1. The van der Waals surface area contributed by atoms with E-state index >= 15 is 0 Å². The van der Waals surface area contributed by atoms with Crippen molar-refractivity contribution in [1.82, 2.24) is 4.90 Å². The SMILES string of the molecule is CN(C)CCOc1cc(C=O)cc([N+](=O)[O-])c1O. The number of benzene rings is 1. The van der Waals surface area contributed by atoms with E-state index in [9.17, 15) is 20.0 Å². The molecular formula is C11H14N2O5. The Morgan fingerprint density at radius 3 is 2.67 bits per heavy atom. The molecule has 7 heteroatoms. The number of nitro groups is 1. The van der Waals surface area contributed by atoms with Gasteiger partial charge in [-0.2, -0.15) is 0 Å². The van der Waals surface area contributed by atoms with Crippen LogP contribution < -0.4 is 4.74 Å². The normalized spacial score (nSPS) is 10.4. The lowest BCUT2D eigenvalue weighted by Gasteiger charge is -2.12. The molecule has 0 saturated heterocycles. The fraction of sp³-hybridized carbons (Fsp3) is 0.364. The van der Waals surface area contributed by atoms with E-state index in [2.05, 4.69) is 0 Å². The van der Waals surface area contributed by atoms with Crippen LogP contribution in [0.4, 0.5) is 5.69 Å². The summed E-state index contributed by atoms with van der Waals surface area (Å²) < 4.78 is 5.23. The number of carbonyl (C=O) groups is 1. The molecule has 7 nitrogen and oxygen atoms in total. The van der Waals surface area contributed by atoms with Gasteiger partial charge < -0.3 is 14.7 Å². The molecular weight excluding hydrogens is 240 g/mol. The molecule has 0 bridgehead atoms. The van der Waals surface area contributed by atoms with Gasteiger partial charge in [-0.1, -0.05) is 0 Å². The summed E-state index contributed by atoms with van der Waals surface area (Å²) >= 11 is 0. The first-order chi connectivity index (χ1) is 8.45. The van der Waals surface area contributed by atoms with Crippen LogP contribution in [0, 0.1) is 10.1 Å². The molecule has 0 saturated carbocycles. The molecule has 0 amide bonds. The van der Waals surface area contributed by atoms with Gasteiger partial charge in [0.15, 0.2) is 5.75 Å². The minimum atomic E-state index is -0.763. The largest absolute Gasteiger partial charge is 0.500 e. The summed E-state index contributed by atoms with van der Waals surface area (Å²) in [4.78, 5) is 22.4. The number of aldehydes is 1. The molecule has 98 valence electrons. The van der Waals surface area contributed by atoms with E-state index in [0.29, 0.717) is 12.8 Å². The van der Waals surface area contributed by atoms with E-state index in [1.165, 1.54) is 6.07 Å². The summed E-state index contributed by atoms with van der Waals surface area (Å²) in [6.07, 6.45) is 0.464. The van der Waals surface area contributed by atoms with Crippen molar-refractivity contribution in [3.8, 4) is 11.5 Å². The molecule has 1 aromatic carbocycles. The molecule has 0 aliphatic rings. The van der Waals surface area contributed by atoms with Crippen LogP contribution in [0.25, 0.3) is 0 Å². The zero-order valence-corrected chi connectivity index (χ0v) is 10.1. The number of phenolic OH excluding ortho intramolecular Hbond substituents is 1. The van der Waals surface area contributed by atoms with Crippen LogP contribution in [0.1, 0.15) is 10.4 Å². The van der Waals surface area contributed by atoms with Crippen LogP contribution in [-0.4, -0.2) is 48.5 Å². The molecule has 1 N–H and O–H groups in total. The first kappa shape index (κ1) is 13.9.